The van der Waals surface area contributed by atoms with E-state index in [-0.39, 0.29) is 12.1 Å². The lowest BCUT2D eigenvalue weighted by Gasteiger charge is -2.30. The zero-order chi connectivity index (χ0) is 11.9. The summed E-state index contributed by atoms with van der Waals surface area (Å²) in [5.41, 5.74) is -0.0734. The second-order valence-electron chi connectivity index (χ2n) is 3.93. The summed E-state index contributed by atoms with van der Waals surface area (Å²) in [6.45, 7) is 2.35. The number of hydrogen-bond donors (Lipinski definition) is 2. The van der Waals surface area contributed by atoms with Gasteiger partial charge in [-0.15, -0.1) is 23.1 Å². The van der Waals surface area contributed by atoms with Crippen molar-refractivity contribution in [1.29, 1.82) is 0 Å². The number of hydrogen-bond acceptors (Lipinski definition) is 4. The fraction of sp³-hybridized carbons (Fsp3) is 0.667. The number of thiophene rings is 1. The second kappa shape index (κ2) is 7.33. The molecule has 0 spiro atoms. The van der Waals surface area contributed by atoms with Gasteiger partial charge in [0.25, 0.3) is 0 Å². The van der Waals surface area contributed by atoms with Gasteiger partial charge >= 0.3 is 0 Å². The van der Waals surface area contributed by atoms with Crippen LogP contribution in [0, 0.1) is 0 Å². The Balaban J connectivity index is 2.23. The topological polar surface area (TPSA) is 32.3 Å². The van der Waals surface area contributed by atoms with Gasteiger partial charge < -0.3 is 10.4 Å². The zero-order valence-electron chi connectivity index (χ0n) is 10.0. The van der Waals surface area contributed by atoms with Crippen LogP contribution >= 0.6 is 23.1 Å². The summed E-state index contributed by atoms with van der Waals surface area (Å²) >= 11 is 3.70. The number of likely N-dealkylation sites (N-methyl/N-ethyl adjacent to an activating group) is 1. The quantitative estimate of drug-likeness (QED) is 0.556. The van der Waals surface area contributed by atoms with Crippen molar-refractivity contribution in [2.24, 2.45) is 0 Å². The molecule has 0 fully saturated rings. The molecule has 0 radical (unpaired) electrons. The van der Waals surface area contributed by atoms with Gasteiger partial charge in [-0.2, -0.15) is 0 Å². The molecule has 92 valence electrons. The van der Waals surface area contributed by atoms with E-state index in [4.69, 9.17) is 0 Å². The molecule has 0 aliphatic carbocycles. The summed E-state index contributed by atoms with van der Waals surface area (Å²) in [4.78, 5) is 0. The molecule has 1 heterocycles. The molecule has 0 aromatic carbocycles. The van der Waals surface area contributed by atoms with Crippen molar-refractivity contribution in [3.8, 4) is 0 Å². The van der Waals surface area contributed by atoms with Gasteiger partial charge in [0.1, 0.15) is 0 Å². The highest BCUT2D eigenvalue weighted by Crippen LogP contribution is 2.26. The molecule has 1 rings (SSSR count). The van der Waals surface area contributed by atoms with Crippen molar-refractivity contribution >= 4 is 23.1 Å². The van der Waals surface area contributed by atoms with E-state index in [1.54, 1.807) is 11.3 Å². The van der Waals surface area contributed by atoms with Crippen LogP contribution < -0.4 is 5.32 Å². The molecular weight excluding hydrogens is 238 g/mol. The maximum absolute atomic E-state index is 9.39. The average Bonchev–Trinajstić information content (AvgIpc) is 2.83. The van der Waals surface area contributed by atoms with Gasteiger partial charge in [0.05, 0.1) is 10.8 Å². The molecule has 4 heteroatoms. The summed E-state index contributed by atoms with van der Waals surface area (Å²) in [5.74, 6) is 1.13. The normalized spacial score (nSPS) is 14.9. The molecule has 0 aliphatic heterocycles. The molecule has 0 bridgehead atoms. The van der Waals surface area contributed by atoms with Crippen molar-refractivity contribution < 1.29 is 5.11 Å². The van der Waals surface area contributed by atoms with E-state index in [0.29, 0.717) is 0 Å². The number of thioether (sulfide) groups is 1. The molecule has 1 atom stereocenters. The van der Waals surface area contributed by atoms with Crippen LogP contribution in [0.25, 0.3) is 0 Å². The summed E-state index contributed by atoms with van der Waals surface area (Å²) in [6, 6.07) is 4.25. The van der Waals surface area contributed by atoms with Crippen molar-refractivity contribution in [2.45, 2.75) is 35.9 Å². The van der Waals surface area contributed by atoms with Gasteiger partial charge in [-0.3, -0.25) is 0 Å². The molecule has 1 aromatic rings. The van der Waals surface area contributed by atoms with E-state index >= 15 is 0 Å². The van der Waals surface area contributed by atoms with Crippen molar-refractivity contribution in [2.75, 3.05) is 19.4 Å². The van der Waals surface area contributed by atoms with E-state index in [2.05, 4.69) is 29.8 Å². The third-order valence-electron chi connectivity index (χ3n) is 3.05. The number of aliphatic hydroxyl groups is 1. The Morgan fingerprint density at radius 1 is 1.56 bits per heavy atom. The number of nitrogens with one attached hydrogen (secondary N) is 1. The molecular formula is C12H21NOS2. The van der Waals surface area contributed by atoms with Crippen LogP contribution in [0.2, 0.25) is 0 Å². The summed E-state index contributed by atoms with van der Waals surface area (Å²) < 4.78 is 1.38. The summed E-state index contributed by atoms with van der Waals surface area (Å²) in [7, 11) is 1.94. The molecule has 0 saturated carbocycles. The molecule has 2 nitrogen and oxygen atoms in total. The standard InChI is InChI=1S/C12H21NOS2/c1-3-12(10-14,13-2)7-5-9-16-11-6-4-8-15-11/h4,6,8,13-14H,3,5,7,9-10H2,1-2H3. The van der Waals surface area contributed by atoms with Crippen LogP contribution in [0.15, 0.2) is 21.7 Å². The van der Waals surface area contributed by atoms with E-state index in [1.165, 1.54) is 4.21 Å². The van der Waals surface area contributed by atoms with Gasteiger partial charge in [-0.25, -0.2) is 0 Å². The van der Waals surface area contributed by atoms with E-state index < -0.39 is 0 Å². The van der Waals surface area contributed by atoms with E-state index in [1.807, 2.05) is 18.8 Å². The predicted octanol–water partition coefficient (Wildman–Crippen LogP) is 2.98. The first kappa shape index (κ1) is 14.0. The first-order valence-electron chi connectivity index (χ1n) is 5.72. The maximum Gasteiger partial charge on any atom is 0.0613 e. The van der Waals surface area contributed by atoms with Gasteiger partial charge in [0.2, 0.25) is 0 Å². The van der Waals surface area contributed by atoms with Crippen LogP contribution in [-0.4, -0.2) is 30.1 Å². The molecule has 0 aliphatic rings. The minimum absolute atomic E-state index is 0.0734. The number of rotatable bonds is 8. The average molecular weight is 259 g/mol. The highest BCUT2D eigenvalue weighted by atomic mass is 32.2. The third-order valence-corrected chi connectivity index (χ3v) is 5.27. The Morgan fingerprint density at radius 2 is 2.38 bits per heavy atom. The lowest BCUT2D eigenvalue weighted by molar-refractivity contribution is 0.154. The molecule has 1 unspecified atom stereocenters. The van der Waals surface area contributed by atoms with Crippen molar-refractivity contribution in [3.63, 3.8) is 0 Å². The smallest absolute Gasteiger partial charge is 0.0613 e. The predicted molar refractivity (Wildman–Crippen MR) is 73.4 cm³/mol. The lowest BCUT2D eigenvalue weighted by atomic mass is 9.92. The van der Waals surface area contributed by atoms with Crippen LogP contribution in [0.4, 0.5) is 0 Å². The highest BCUT2D eigenvalue weighted by Gasteiger charge is 2.23. The van der Waals surface area contributed by atoms with E-state index in [0.717, 1.165) is 25.0 Å². The minimum Gasteiger partial charge on any atom is -0.394 e. The molecule has 0 saturated heterocycles. The first-order valence-corrected chi connectivity index (χ1v) is 7.59. The third kappa shape index (κ3) is 4.09. The Kier molecular flexibility index (Phi) is 6.43. The van der Waals surface area contributed by atoms with Gasteiger partial charge in [-0.1, -0.05) is 13.0 Å². The molecule has 16 heavy (non-hydrogen) atoms. The molecule has 0 amide bonds. The van der Waals surface area contributed by atoms with Crippen LogP contribution in [0.3, 0.4) is 0 Å². The Bertz CT molecular complexity index is 262. The van der Waals surface area contributed by atoms with Crippen LogP contribution in [0.1, 0.15) is 26.2 Å². The van der Waals surface area contributed by atoms with Crippen LogP contribution in [-0.2, 0) is 0 Å². The summed E-state index contributed by atoms with van der Waals surface area (Å²) in [5, 5.41) is 14.8. The van der Waals surface area contributed by atoms with Gasteiger partial charge in [0, 0.05) is 5.54 Å². The van der Waals surface area contributed by atoms with Gasteiger partial charge in [-0.05, 0) is 43.5 Å². The van der Waals surface area contributed by atoms with Gasteiger partial charge in [0.15, 0.2) is 0 Å². The molecule has 2 N–H and O–H groups in total. The number of aliphatic hydroxyl groups excluding tert-OH is 1. The van der Waals surface area contributed by atoms with Crippen molar-refractivity contribution in [1.82, 2.24) is 5.32 Å². The zero-order valence-corrected chi connectivity index (χ0v) is 11.7. The fourth-order valence-corrected chi connectivity index (χ4v) is 3.48. The Morgan fingerprint density at radius 3 is 2.88 bits per heavy atom. The van der Waals surface area contributed by atoms with Crippen molar-refractivity contribution in [3.05, 3.63) is 17.5 Å². The summed E-state index contributed by atoms with van der Waals surface area (Å²) in [6.07, 6.45) is 3.15. The first-order chi connectivity index (χ1) is 7.76. The Hall–Kier alpha value is -0.0300. The largest absolute Gasteiger partial charge is 0.394 e. The lowest BCUT2D eigenvalue weighted by Crippen LogP contribution is -2.45. The highest BCUT2D eigenvalue weighted by molar-refractivity contribution is 8.01. The SMILES string of the molecule is CCC(CO)(CCCSc1cccs1)NC. The second-order valence-corrected chi connectivity index (χ2v) is 6.27. The van der Waals surface area contributed by atoms with E-state index in [9.17, 15) is 5.11 Å². The maximum atomic E-state index is 9.39. The molecule has 1 aromatic heterocycles. The monoisotopic (exact) mass is 259 g/mol. The Labute approximate surface area is 106 Å². The van der Waals surface area contributed by atoms with Crippen LogP contribution in [0.5, 0.6) is 0 Å². The fourth-order valence-electron chi connectivity index (χ4n) is 1.68. The minimum atomic E-state index is -0.0734.